The summed E-state index contributed by atoms with van der Waals surface area (Å²) in [5.41, 5.74) is 5.11. The van der Waals surface area contributed by atoms with Crippen LogP contribution >= 0.6 is 11.6 Å². The zero-order valence-corrected chi connectivity index (χ0v) is 13.8. The molecule has 0 aliphatic heterocycles. The number of nitrogen functional groups attached to an aromatic ring is 1. The van der Waals surface area contributed by atoms with E-state index >= 15 is 0 Å². The van der Waals surface area contributed by atoms with Crippen LogP contribution in [0, 0.1) is 5.82 Å². The highest BCUT2D eigenvalue weighted by Gasteiger charge is 2.21. The van der Waals surface area contributed by atoms with Crippen LogP contribution in [0.2, 0.25) is 5.02 Å². The van der Waals surface area contributed by atoms with Crippen LogP contribution in [0.3, 0.4) is 0 Å². The summed E-state index contributed by atoms with van der Waals surface area (Å²) < 4.78 is 40.4. The molecule has 0 atom stereocenters. The Hall–Kier alpha value is -0.890. The number of benzene rings is 1. The van der Waals surface area contributed by atoms with Gasteiger partial charge in [-0.25, -0.2) is 17.5 Å². The quantitative estimate of drug-likeness (QED) is 0.712. The van der Waals surface area contributed by atoms with Crippen LogP contribution in [0.25, 0.3) is 0 Å². The van der Waals surface area contributed by atoms with Gasteiger partial charge in [-0.15, -0.1) is 0 Å². The average Bonchev–Trinajstić information content (AvgIpc) is 2.41. The highest BCUT2D eigenvalue weighted by molar-refractivity contribution is 7.89. The standard InChI is InChI=1S/C13H21ClFN3O2S/c1-3-6-18(4-2)7-5-17-21(19,20)12-9-10(14)8-11(16)13(12)15/h8-9,17H,3-7,16H2,1-2H3. The Bertz CT molecular complexity index is 581. The number of sulfonamides is 1. The van der Waals surface area contributed by atoms with Crippen molar-refractivity contribution in [3.63, 3.8) is 0 Å². The van der Waals surface area contributed by atoms with Crippen molar-refractivity contribution >= 4 is 27.3 Å². The molecule has 0 heterocycles. The molecular formula is C13H21ClFN3O2S. The van der Waals surface area contributed by atoms with Gasteiger partial charge in [-0.3, -0.25) is 0 Å². The number of rotatable bonds is 8. The highest BCUT2D eigenvalue weighted by Crippen LogP contribution is 2.24. The van der Waals surface area contributed by atoms with Crippen LogP contribution in [-0.4, -0.2) is 39.5 Å². The monoisotopic (exact) mass is 337 g/mol. The number of hydrogen-bond acceptors (Lipinski definition) is 4. The summed E-state index contributed by atoms with van der Waals surface area (Å²) in [6.45, 7) is 6.52. The normalized spacial score (nSPS) is 12.0. The molecule has 21 heavy (non-hydrogen) atoms. The smallest absolute Gasteiger partial charge is 0.243 e. The van der Waals surface area contributed by atoms with Crippen molar-refractivity contribution in [2.45, 2.75) is 25.2 Å². The molecule has 8 heteroatoms. The number of hydrogen-bond donors (Lipinski definition) is 2. The summed E-state index contributed by atoms with van der Waals surface area (Å²) in [4.78, 5) is 1.58. The minimum absolute atomic E-state index is 0.0791. The number of likely N-dealkylation sites (N-methyl/N-ethyl adjacent to an activating group) is 1. The van der Waals surface area contributed by atoms with E-state index in [0.717, 1.165) is 25.6 Å². The van der Waals surface area contributed by atoms with Crippen molar-refractivity contribution in [2.24, 2.45) is 0 Å². The van der Waals surface area contributed by atoms with Crippen LogP contribution in [0.5, 0.6) is 0 Å². The second-order valence-corrected chi connectivity index (χ2v) is 6.81. The second-order valence-electron chi connectivity index (χ2n) is 4.64. The summed E-state index contributed by atoms with van der Waals surface area (Å²) in [5, 5.41) is 0.0791. The fraction of sp³-hybridized carbons (Fsp3) is 0.538. The van der Waals surface area contributed by atoms with E-state index < -0.39 is 20.7 Å². The molecule has 0 fully saturated rings. The van der Waals surface area contributed by atoms with Crippen LogP contribution in [-0.2, 0) is 10.0 Å². The van der Waals surface area contributed by atoms with Crippen LogP contribution in [0.15, 0.2) is 17.0 Å². The van der Waals surface area contributed by atoms with Gasteiger partial charge in [0.25, 0.3) is 0 Å². The van der Waals surface area contributed by atoms with Crippen molar-refractivity contribution in [3.8, 4) is 0 Å². The predicted molar refractivity (Wildman–Crippen MR) is 83.4 cm³/mol. The number of nitrogens with zero attached hydrogens (tertiary/aromatic N) is 1. The van der Waals surface area contributed by atoms with E-state index in [1.54, 1.807) is 0 Å². The van der Waals surface area contributed by atoms with E-state index in [4.69, 9.17) is 17.3 Å². The van der Waals surface area contributed by atoms with Gasteiger partial charge in [-0.05, 0) is 31.6 Å². The molecule has 0 aliphatic carbocycles. The molecule has 120 valence electrons. The highest BCUT2D eigenvalue weighted by atomic mass is 35.5. The number of nitrogens with two attached hydrogens (primary N) is 1. The molecule has 0 radical (unpaired) electrons. The van der Waals surface area contributed by atoms with Gasteiger partial charge in [0.1, 0.15) is 4.90 Å². The Morgan fingerprint density at radius 2 is 2.00 bits per heavy atom. The second kappa shape index (κ2) is 7.93. The molecule has 0 spiro atoms. The Labute approximate surface area is 130 Å². The fourth-order valence-electron chi connectivity index (χ4n) is 1.94. The molecule has 0 aliphatic rings. The van der Waals surface area contributed by atoms with Gasteiger partial charge in [0.2, 0.25) is 10.0 Å². The summed E-state index contributed by atoms with van der Waals surface area (Å²) in [7, 11) is -3.97. The molecule has 0 aromatic heterocycles. The van der Waals surface area contributed by atoms with Crippen molar-refractivity contribution in [1.29, 1.82) is 0 Å². The maximum Gasteiger partial charge on any atom is 0.243 e. The molecule has 3 N–H and O–H groups in total. The predicted octanol–water partition coefficient (Wildman–Crippen LogP) is 2.07. The lowest BCUT2D eigenvalue weighted by Crippen LogP contribution is -2.35. The molecule has 0 saturated heterocycles. The zero-order chi connectivity index (χ0) is 16.0. The van der Waals surface area contributed by atoms with E-state index in [2.05, 4.69) is 16.5 Å². The van der Waals surface area contributed by atoms with E-state index in [1.807, 2.05) is 6.92 Å². The number of nitrogens with one attached hydrogen (secondary N) is 1. The lowest BCUT2D eigenvalue weighted by atomic mass is 10.3. The van der Waals surface area contributed by atoms with Gasteiger partial charge in [-0.2, -0.15) is 0 Å². The van der Waals surface area contributed by atoms with Crippen LogP contribution < -0.4 is 10.5 Å². The molecule has 0 bridgehead atoms. The maximum atomic E-state index is 13.8. The Balaban J connectivity index is 2.79. The number of halogens is 2. The molecule has 1 aromatic carbocycles. The molecule has 0 amide bonds. The maximum absolute atomic E-state index is 13.8. The van der Waals surface area contributed by atoms with Gasteiger partial charge >= 0.3 is 0 Å². The SMILES string of the molecule is CCCN(CC)CCNS(=O)(=O)c1cc(Cl)cc(N)c1F. The summed E-state index contributed by atoms with van der Waals surface area (Å²) >= 11 is 5.73. The summed E-state index contributed by atoms with van der Waals surface area (Å²) in [5.74, 6) is -0.979. The fourth-order valence-corrected chi connectivity index (χ4v) is 3.38. The third kappa shape index (κ3) is 5.10. The van der Waals surface area contributed by atoms with E-state index in [-0.39, 0.29) is 17.3 Å². The Morgan fingerprint density at radius 1 is 1.33 bits per heavy atom. The molecule has 0 unspecified atom stereocenters. The third-order valence-electron chi connectivity index (χ3n) is 3.03. The topological polar surface area (TPSA) is 75.4 Å². The number of anilines is 1. The van der Waals surface area contributed by atoms with Crippen molar-refractivity contribution < 1.29 is 12.8 Å². The molecule has 0 saturated carbocycles. The first-order valence-corrected chi connectivity index (χ1v) is 8.64. The van der Waals surface area contributed by atoms with Crippen molar-refractivity contribution in [3.05, 3.63) is 23.0 Å². The molecule has 1 aromatic rings. The van der Waals surface area contributed by atoms with Gasteiger partial charge in [0, 0.05) is 18.1 Å². The minimum Gasteiger partial charge on any atom is -0.396 e. The van der Waals surface area contributed by atoms with Gasteiger partial charge in [0.05, 0.1) is 5.69 Å². The molecule has 5 nitrogen and oxygen atoms in total. The van der Waals surface area contributed by atoms with Gasteiger partial charge in [-0.1, -0.05) is 25.4 Å². The summed E-state index contributed by atoms with van der Waals surface area (Å²) in [6, 6.07) is 2.23. The lowest BCUT2D eigenvalue weighted by molar-refractivity contribution is 0.293. The molecule has 1 rings (SSSR count). The third-order valence-corrected chi connectivity index (χ3v) is 4.71. The Kier molecular flexibility index (Phi) is 6.86. The van der Waals surface area contributed by atoms with Crippen LogP contribution in [0.4, 0.5) is 10.1 Å². The first kappa shape index (κ1) is 18.2. The average molecular weight is 338 g/mol. The lowest BCUT2D eigenvalue weighted by Gasteiger charge is -2.19. The van der Waals surface area contributed by atoms with E-state index in [9.17, 15) is 12.8 Å². The zero-order valence-electron chi connectivity index (χ0n) is 12.2. The first-order chi connectivity index (χ1) is 9.81. The Morgan fingerprint density at radius 3 is 2.57 bits per heavy atom. The molecular weight excluding hydrogens is 317 g/mol. The first-order valence-electron chi connectivity index (χ1n) is 6.78. The minimum atomic E-state index is -3.97. The van der Waals surface area contributed by atoms with Crippen molar-refractivity contribution in [1.82, 2.24) is 9.62 Å². The van der Waals surface area contributed by atoms with Gasteiger partial charge < -0.3 is 10.6 Å². The van der Waals surface area contributed by atoms with Crippen molar-refractivity contribution in [2.75, 3.05) is 31.9 Å². The largest absolute Gasteiger partial charge is 0.396 e. The van der Waals surface area contributed by atoms with Crippen LogP contribution in [0.1, 0.15) is 20.3 Å². The van der Waals surface area contributed by atoms with Gasteiger partial charge in [0.15, 0.2) is 5.82 Å². The summed E-state index contributed by atoms with van der Waals surface area (Å²) in [6.07, 6.45) is 0.986. The van der Waals surface area contributed by atoms with E-state index in [0.29, 0.717) is 6.54 Å². The van der Waals surface area contributed by atoms with E-state index in [1.165, 1.54) is 6.07 Å².